The Labute approximate surface area is 120 Å². The van der Waals surface area contributed by atoms with Gasteiger partial charge in [-0.25, -0.2) is 5.84 Å². The molecule has 1 fully saturated rings. The van der Waals surface area contributed by atoms with Gasteiger partial charge >= 0.3 is 0 Å². The summed E-state index contributed by atoms with van der Waals surface area (Å²) in [5.41, 5.74) is 4.40. The summed E-state index contributed by atoms with van der Waals surface area (Å²) in [6.07, 6.45) is 2.95. The van der Waals surface area contributed by atoms with E-state index in [0.717, 1.165) is 38.0 Å². The standard InChI is InChI=1S/C15H23N3O2/c1-20-14-6-8-18(9-7-14)11-13-4-2-12(3-5-13)10-15(19)17-16/h2-5,14H,6-11,16H2,1H3,(H,17,19). The summed E-state index contributed by atoms with van der Waals surface area (Å²) in [5.74, 6) is 4.91. The number of nitrogens with one attached hydrogen (secondary N) is 1. The van der Waals surface area contributed by atoms with E-state index < -0.39 is 0 Å². The van der Waals surface area contributed by atoms with E-state index in [2.05, 4.69) is 22.5 Å². The topological polar surface area (TPSA) is 67.6 Å². The van der Waals surface area contributed by atoms with Crippen LogP contribution in [0.25, 0.3) is 0 Å². The molecule has 1 heterocycles. The summed E-state index contributed by atoms with van der Waals surface area (Å²) in [5, 5.41) is 0. The normalized spacial score (nSPS) is 17.1. The van der Waals surface area contributed by atoms with Crippen LogP contribution in [0.15, 0.2) is 24.3 Å². The number of piperidine rings is 1. The summed E-state index contributed by atoms with van der Waals surface area (Å²) >= 11 is 0. The van der Waals surface area contributed by atoms with Gasteiger partial charge in [-0.15, -0.1) is 0 Å². The minimum Gasteiger partial charge on any atom is -0.381 e. The largest absolute Gasteiger partial charge is 0.381 e. The van der Waals surface area contributed by atoms with Gasteiger partial charge in [-0.1, -0.05) is 24.3 Å². The molecule has 0 bridgehead atoms. The average molecular weight is 277 g/mol. The highest BCUT2D eigenvalue weighted by Crippen LogP contribution is 2.16. The average Bonchev–Trinajstić information content (AvgIpc) is 2.50. The fraction of sp³-hybridized carbons (Fsp3) is 0.533. The Balaban J connectivity index is 1.83. The van der Waals surface area contributed by atoms with E-state index in [4.69, 9.17) is 10.6 Å². The van der Waals surface area contributed by atoms with E-state index in [1.165, 1.54) is 5.56 Å². The molecule has 0 aliphatic carbocycles. The molecule has 1 aliphatic rings. The van der Waals surface area contributed by atoms with E-state index in [9.17, 15) is 4.79 Å². The lowest BCUT2D eigenvalue weighted by Crippen LogP contribution is -2.36. The lowest BCUT2D eigenvalue weighted by atomic mass is 10.1. The summed E-state index contributed by atoms with van der Waals surface area (Å²) in [6, 6.07) is 8.15. The lowest BCUT2D eigenvalue weighted by Gasteiger charge is -2.31. The third-order valence-corrected chi connectivity index (χ3v) is 3.82. The Hall–Kier alpha value is -1.43. The second kappa shape index (κ2) is 7.38. The molecule has 1 amide bonds. The Morgan fingerprint density at radius 1 is 1.30 bits per heavy atom. The van der Waals surface area contributed by atoms with E-state index in [0.29, 0.717) is 12.5 Å². The van der Waals surface area contributed by atoms with Crippen molar-refractivity contribution in [2.24, 2.45) is 5.84 Å². The molecular weight excluding hydrogens is 254 g/mol. The van der Waals surface area contributed by atoms with Crippen molar-refractivity contribution < 1.29 is 9.53 Å². The fourth-order valence-corrected chi connectivity index (χ4v) is 2.56. The van der Waals surface area contributed by atoms with E-state index in [-0.39, 0.29) is 5.91 Å². The third kappa shape index (κ3) is 4.30. The number of amides is 1. The molecule has 2 rings (SSSR count). The van der Waals surface area contributed by atoms with Crippen molar-refractivity contribution in [1.29, 1.82) is 0 Å². The minimum atomic E-state index is -0.167. The van der Waals surface area contributed by atoms with Gasteiger partial charge in [0.15, 0.2) is 0 Å². The molecule has 0 radical (unpaired) electrons. The van der Waals surface area contributed by atoms with Crippen molar-refractivity contribution in [1.82, 2.24) is 10.3 Å². The summed E-state index contributed by atoms with van der Waals surface area (Å²) in [4.78, 5) is 13.6. The quantitative estimate of drug-likeness (QED) is 0.475. The summed E-state index contributed by atoms with van der Waals surface area (Å²) < 4.78 is 5.38. The molecule has 0 aromatic heterocycles. The number of hydrogen-bond acceptors (Lipinski definition) is 4. The first kappa shape index (κ1) is 15.0. The maximum Gasteiger partial charge on any atom is 0.238 e. The van der Waals surface area contributed by atoms with Crippen LogP contribution in [0.4, 0.5) is 0 Å². The van der Waals surface area contributed by atoms with Crippen LogP contribution in [0.1, 0.15) is 24.0 Å². The van der Waals surface area contributed by atoms with Gasteiger partial charge < -0.3 is 4.74 Å². The van der Waals surface area contributed by atoms with Crippen LogP contribution in [-0.2, 0) is 22.5 Å². The Bertz CT molecular complexity index is 425. The Kier molecular flexibility index (Phi) is 5.52. The monoisotopic (exact) mass is 277 g/mol. The minimum absolute atomic E-state index is 0.167. The third-order valence-electron chi connectivity index (χ3n) is 3.82. The highest BCUT2D eigenvalue weighted by atomic mass is 16.5. The molecule has 5 nitrogen and oxygen atoms in total. The Morgan fingerprint density at radius 2 is 1.90 bits per heavy atom. The van der Waals surface area contributed by atoms with Crippen molar-refractivity contribution in [3.8, 4) is 0 Å². The van der Waals surface area contributed by atoms with Crippen molar-refractivity contribution in [2.75, 3.05) is 20.2 Å². The number of methoxy groups -OCH3 is 1. The van der Waals surface area contributed by atoms with Gasteiger partial charge in [0.2, 0.25) is 5.91 Å². The van der Waals surface area contributed by atoms with Gasteiger partial charge in [-0.3, -0.25) is 15.1 Å². The van der Waals surface area contributed by atoms with Gasteiger partial charge in [0, 0.05) is 26.7 Å². The number of benzene rings is 1. The zero-order valence-corrected chi connectivity index (χ0v) is 12.0. The number of hydrazine groups is 1. The van der Waals surface area contributed by atoms with Gasteiger partial charge in [0.1, 0.15) is 0 Å². The molecule has 0 unspecified atom stereocenters. The van der Waals surface area contributed by atoms with Crippen LogP contribution in [-0.4, -0.2) is 37.1 Å². The first-order chi connectivity index (χ1) is 9.71. The summed E-state index contributed by atoms with van der Waals surface area (Å²) in [7, 11) is 1.79. The fourth-order valence-electron chi connectivity index (χ4n) is 2.56. The number of likely N-dealkylation sites (tertiary alicyclic amines) is 1. The molecule has 0 saturated carbocycles. The molecular formula is C15H23N3O2. The number of nitrogens with two attached hydrogens (primary N) is 1. The van der Waals surface area contributed by atoms with Crippen LogP contribution in [0.3, 0.4) is 0 Å². The second-order valence-corrected chi connectivity index (χ2v) is 5.27. The van der Waals surface area contributed by atoms with Crippen molar-refractivity contribution in [3.05, 3.63) is 35.4 Å². The zero-order chi connectivity index (χ0) is 14.4. The van der Waals surface area contributed by atoms with Crippen molar-refractivity contribution >= 4 is 5.91 Å². The molecule has 1 aliphatic heterocycles. The molecule has 1 aromatic rings. The predicted octanol–water partition coefficient (Wildman–Crippen LogP) is 0.830. The van der Waals surface area contributed by atoms with Crippen molar-refractivity contribution in [3.63, 3.8) is 0 Å². The molecule has 0 atom stereocenters. The molecule has 1 aromatic carbocycles. The smallest absolute Gasteiger partial charge is 0.238 e. The molecule has 1 saturated heterocycles. The summed E-state index contributed by atoms with van der Waals surface area (Å²) in [6.45, 7) is 3.12. The van der Waals surface area contributed by atoms with Gasteiger partial charge in [-0.05, 0) is 24.0 Å². The Morgan fingerprint density at radius 3 is 2.45 bits per heavy atom. The van der Waals surface area contributed by atoms with E-state index in [1.807, 2.05) is 12.1 Å². The number of hydrogen-bond donors (Lipinski definition) is 2. The van der Waals surface area contributed by atoms with Crippen LogP contribution in [0.2, 0.25) is 0 Å². The number of ether oxygens (including phenoxy) is 1. The highest BCUT2D eigenvalue weighted by Gasteiger charge is 2.18. The number of carbonyl (C=O) groups is 1. The van der Waals surface area contributed by atoms with E-state index >= 15 is 0 Å². The van der Waals surface area contributed by atoms with Crippen molar-refractivity contribution in [2.45, 2.75) is 31.9 Å². The molecule has 5 heteroatoms. The zero-order valence-electron chi connectivity index (χ0n) is 12.0. The maximum atomic E-state index is 11.2. The predicted molar refractivity (Wildman–Crippen MR) is 77.8 cm³/mol. The van der Waals surface area contributed by atoms with E-state index in [1.54, 1.807) is 7.11 Å². The van der Waals surface area contributed by atoms with Crippen LogP contribution in [0.5, 0.6) is 0 Å². The second-order valence-electron chi connectivity index (χ2n) is 5.27. The number of rotatable bonds is 5. The number of nitrogens with zero attached hydrogens (tertiary/aromatic N) is 1. The first-order valence-electron chi connectivity index (χ1n) is 7.03. The lowest BCUT2D eigenvalue weighted by molar-refractivity contribution is -0.120. The van der Waals surface area contributed by atoms with Crippen LogP contribution < -0.4 is 11.3 Å². The van der Waals surface area contributed by atoms with Crippen LogP contribution in [0, 0.1) is 0 Å². The first-order valence-corrected chi connectivity index (χ1v) is 7.03. The maximum absolute atomic E-state index is 11.2. The van der Waals surface area contributed by atoms with Crippen LogP contribution >= 0.6 is 0 Å². The molecule has 110 valence electrons. The number of carbonyl (C=O) groups excluding carboxylic acids is 1. The molecule has 20 heavy (non-hydrogen) atoms. The van der Waals surface area contributed by atoms with Gasteiger partial charge in [0.05, 0.1) is 12.5 Å². The van der Waals surface area contributed by atoms with Gasteiger partial charge in [0.25, 0.3) is 0 Å². The molecule has 0 spiro atoms. The van der Waals surface area contributed by atoms with Gasteiger partial charge in [-0.2, -0.15) is 0 Å². The highest BCUT2D eigenvalue weighted by molar-refractivity contribution is 5.77. The molecule has 3 N–H and O–H groups in total. The SMILES string of the molecule is COC1CCN(Cc2ccc(CC(=O)NN)cc2)CC1.